The number of benzene rings is 3. The number of aromatic hydroxyl groups is 1. The van der Waals surface area contributed by atoms with Crippen molar-refractivity contribution in [1.29, 1.82) is 0 Å². The van der Waals surface area contributed by atoms with E-state index in [1.807, 2.05) is 12.1 Å². The summed E-state index contributed by atoms with van der Waals surface area (Å²) in [4.78, 5) is 10.3. The second kappa shape index (κ2) is 7.25. The van der Waals surface area contributed by atoms with E-state index in [2.05, 4.69) is 14.4 Å². The van der Waals surface area contributed by atoms with Gasteiger partial charge in [0, 0.05) is 17.5 Å². The molecule has 3 aromatic rings. The maximum absolute atomic E-state index is 10.9. The van der Waals surface area contributed by atoms with Crippen LogP contribution in [0.4, 0.5) is 17.1 Å². The Bertz CT molecular complexity index is 1050. The van der Waals surface area contributed by atoms with Crippen LogP contribution in [0, 0.1) is 10.1 Å². The highest BCUT2D eigenvalue weighted by Crippen LogP contribution is 2.38. The monoisotopic (exact) mass is 373 g/mol. The van der Waals surface area contributed by atoms with Crippen molar-refractivity contribution in [1.82, 2.24) is 0 Å². The highest BCUT2D eigenvalue weighted by molar-refractivity contribution is 7.74. The Kier molecular flexibility index (Phi) is 4.87. The van der Waals surface area contributed by atoms with Gasteiger partial charge in [0.25, 0.3) is 5.69 Å². The maximum atomic E-state index is 10.9. The maximum Gasteiger partial charge on any atom is 0.357 e. The summed E-state index contributed by atoms with van der Waals surface area (Å²) in [6.07, 6.45) is 0. The molecule has 10 heteroatoms. The van der Waals surface area contributed by atoms with Crippen LogP contribution in [0.25, 0.3) is 10.8 Å². The second-order valence-electron chi connectivity index (χ2n) is 5.06. The van der Waals surface area contributed by atoms with E-state index in [4.69, 9.17) is 4.55 Å². The molecule has 0 aliphatic carbocycles. The number of nitro groups is 1. The summed E-state index contributed by atoms with van der Waals surface area (Å²) in [6.45, 7) is 0. The molecule has 1 atom stereocenters. The van der Waals surface area contributed by atoms with Gasteiger partial charge in [-0.3, -0.25) is 14.7 Å². The Hall–Kier alpha value is -3.37. The second-order valence-corrected chi connectivity index (χ2v) is 5.66. The van der Waals surface area contributed by atoms with Gasteiger partial charge in [-0.25, -0.2) is 0 Å². The molecule has 9 nitrogen and oxygen atoms in total. The summed E-state index contributed by atoms with van der Waals surface area (Å²) in [7, 11) is 0. The van der Waals surface area contributed by atoms with Crippen molar-refractivity contribution in [3.8, 4) is 11.5 Å². The number of nitro benzene ring substituents is 1. The average molecular weight is 373 g/mol. The van der Waals surface area contributed by atoms with Crippen LogP contribution in [0.1, 0.15) is 0 Å². The minimum Gasteiger partial charge on any atom is -0.506 e. The molecule has 0 radical (unpaired) electrons. The Labute approximate surface area is 149 Å². The van der Waals surface area contributed by atoms with Crippen molar-refractivity contribution in [3.63, 3.8) is 0 Å². The van der Waals surface area contributed by atoms with Crippen LogP contribution in [0.15, 0.2) is 64.8 Å². The predicted molar refractivity (Wildman–Crippen MR) is 94.3 cm³/mol. The van der Waals surface area contributed by atoms with E-state index in [1.165, 1.54) is 6.07 Å². The number of non-ortho nitro benzene ring substituents is 1. The Balaban J connectivity index is 2.10. The van der Waals surface area contributed by atoms with E-state index in [-0.39, 0.29) is 28.6 Å². The summed E-state index contributed by atoms with van der Waals surface area (Å²) in [5.74, 6) is -0.300. The van der Waals surface area contributed by atoms with E-state index in [0.29, 0.717) is 5.39 Å². The van der Waals surface area contributed by atoms with Crippen molar-refractivity contribution >= 4 is 39.2 Å². The molecule has 0 bridgehead atoms. The molecule has 3 rings (SSSR count). The third-order valence-electron chi connectivity index (χ3n) is 3.45. The Morgan fingerprint density at radius 3 is 2.58 bits per heavy atom. The van der Waals surface area contributed by atoms with Gasteiger partial charge in [0.05, 0.1) is 4.92 Å². The highest BCUT2D eigenvalue weighted by atomic mass is 32.2. The van der Waals surface area contributed by atoms with Crippen LogP contribution < -0.4 is 4.18 Å². The number of hydrogen-bond acceptors (Lipinski definition) is 7. The van der Waals surface area contributed by atoms with Gasteiger partial charge in [-0.15, -0.1) is 10.2 Å². The standard InChI is InChI=1S/C16H11N3O6S/c20-14-7-5-10-3-1-2-4-12(10)16(14)18-17-13-9-11(19(21)22)6-8-15(13)25-26(23)24/h1-9,20H,(H,23,24). The summed E-state index contributed by atoms with van der Waals surface area (Å²) >= 11 is -2.64. The lowest BCUT2D eigenvalue weighted by atomic mass is 10.1. The molecule has 0 fully saturated rings. The first-order chi connectivity index (χ1) is 12.5. The zero-order valence-corrected chi connectivity index (χ0v) is 13.8. The molecule has 132 valence electrons. The van der Waals surface area contributed by atoms with Gasteiger partial charge < -0.3 is 9.29 Å². The van der Waals surface area contributed by atoms with Gasteiger partial charge in [0.1, 0.15) is 17.1 Å². The van der Waals surface area contributed by atoms with E-state index in [9.17, 15) is 19.4 Å². The average Bonchev–Trinajstić information content (AvgIpc) is 2.61. The topological polar surface area (TPSA) is 135 Å². The first-order valence-electron chi connectivity index (χ1n) is 7.16. The van der Waals surface area contributed by atoms with Crippen LogP contribution in [0.2, 0.25) is 0 Å². The van der Waals surface area contributed by atoms with E-state index in [1.54, 1.807) is 18.2 Å². The van der Waals surface area contributed by atoms with Crippen LogP contribution in [-0.4, -0.2) is 18.8 Å². The lowest BCUT2D eigenvalue weighted by Gasteiger charge is -2.05. The molecule has 26 heavy (non-hydrogen) atoms. The number of phenolic OH excluding ortho intramolecular Hbond substituents is 1. The molecule has 0 aliphatic heterocycles. The van der Waals surface area contributed by atoms with Gasteiger partial charge in [0.2, 0.25) is 0 Å². The SMILES string of the molecule is O=[N+]([O-])c1ccc(OS(=O)O)c(N=Nc2c(O)ccc3ccccc23)c1. The van der Waals surface area contributed by atoms with Crippen molar-refractivity contribution in [2.45, 2.75) is 0 Å². The van der Waals surface area contributed by atoms with Crippen LogP contribution in [0.3, 0.4) is 0 Å². The molecular formula is C16H11N3O6S. The summed E-state index contributed by atoms with van der Waals surface area (Å²) in [5.41, 5.74) is -0.267. The minimum absolute atomic E-state index is 0.131. The summed E-state index contributed by atoms with van der Waals surface area (Å²) in [6, 6.07) is 13.6. The summed E-state index contributed by atoms with van der Waals surface area (Å²) in [5, 5.41) is 30.3. The van der Waals surface area contributed by atoms with Crippen molar-refractivity contribution in [2.24, 2.45) is 10.2 Å². The quantitative estimate of drug-likeness (QED) is 0.295. The van der Waals surface area contributed by atoms with Gasteiger partial charge in [-0.2, -0.15) is 4.21 Å². The molecule has 0 saturated heterocycles. The number of azo groups is 1. The van der Waals surface area contributed by atoms with Crippen LogP contribution in [0.5, 0.6) is 11.5 Å². The Morgan fingerprint density at radius 2 is 1.85 bits per heavy atom. The van der Waals surface area contributed by atoms with E-state index >= 15 is 0 Å². The number of phenols is 1. The van der Waals surface area contributed by atoms with Crippen LogP contribution >= 0.6 is 0 Å². The highest BCUT2D eigenvalue weighted by Gasteiger charge is 2.14. The molecular weight excluding hydrogens is 362 g/mol. The van der Waals surface area contributed by atoms with E-state index < -0.39 is 16.3 Å². The van der Waals surface area contributed by atoms with Gasteiger partial charge in [-0.1, -0.05) is 30.3 Å². The smallest absolute Gasteiger partial charge is 0.357 e. The Morgan fingerprint density at radius 1 is 1.08 bits per heavy atom. The number of nitrogens with zero attached hydrogens (tertiary/aromatic N) is 3. The molecule has 1 unspecified atom stereocenters. The fraction of sp³-hybridized carbons (Fsp3) is 0. The number of fused-ring (bicyclic) bond motifs is 1. The summed E-state index contributed by atoms with van der Waals surface area (Å²) < 4.78 is 24.4. The fourth-order valence-corrected chi connectivity index (χ4v) is 2.59. The molecule has 0 saturated carbocycles. The van der Waals surface area contributed by atoms with Crippen molar-refractivity contribution in [2.75, 3.05) is 0 Å². The van der Waals surface area contributed by atoms with Crippen LogP contribution in [-0.2, 0) is 11.4 Å². The fourth-order valence-electron chi connectivity index (χ4n) is 2.30. The first kappa shape index (κ1) is 17.5. The molecule has 3 aromatic carbocycles. The molecule has 0 aromatic heterocycles. The van der Waals surface area contributed by atoms with E-state index in [0.717, 1.165) is 23.6 Å². The lowest BCUT2D eigenvalue weighted by molar-refractivity contribution is -0.384. The minimum atomic E-state index is -2.64. The van der Waals surface area contributed by atoms with Crippen molar-refractivity contribution in [3.05, 3.63) is 64.7 Å². The third kappa shape index (κ3) is 3.66. The third-order valence-corrected chi connectivity index (χ3v) is 3.77. The normalized spacial score (nSPS) is 12.3. The van der Waals surface area contributed by atoms with Gasteiger partial charge in [-0.05, 0) is 17.5 Å². The molecule has 0 spiro atoms. The zero-order chi connectivity index (χ0) is 18.7. The molecule has 0 heterocycles. The predicted octanol–water partition coefficient (Wildman–Crippen LogP) is 4.38. The van der Waals surface area contributed by atoms with Crippen molar-refractivity contribution < 1.29 is 23.0 Å². The van der Waals surface area contributed by atoms with Gasteiger partial charge >= 0.3 is 11.4 Å². The molecule has 0 aliphatic rings. The number of rotatable bonds is 5. The first-order valence-corrected chi connectivity index (χ1v) is 8.19. The largest absolute Gasteiger partial charge is 0.506 e. The number of hydrogen-bond donors (Lipinski definition) is 2. The van der Waals surface area contributed by atoms with Gasteiger partial charge in [0.15, 0.2) is 5.75 Å². The molecule has 2 N–H and O–H groups in total. The lowest BCUT2D eigenvalue weighted by Crippen LogP contribution is -1.98. The zero-order valence-electron chi connectivity index (χ0n) is 13.0. The molecule has 0 amide bonds.